The molecule has 3 aromatic heterocycles. The van der Waals surface area contributed by atoms with Crippen LogP contribution in [0.5, 0.6) is 0 Å². The van der Waals surface area contributed by atoms with E-state index in [4.69, 9.17) is 9.98 Å². The summed E-state index contributed by atoms with van der Waals surface area (Å²) in [6.07, 6.45) is 11.9. The molecular formula is C33H23N7. The van der Waals surface area contributed by atoms with Crippen molar-refractivity contribution in [1.82, 2.24) is 29.1 Å². The molecule has 0 unspecified atom stereocenters. The van der Waals surface area contributed by atoms with Gasteiger partial charge in [0.05, 0.1) is 35.1 Å². The third-order valence-electron chi connectivity index (χ3n) is 7.46. The molecular weight excluding hydrogens is 494 g/mol. The van der Waals surface area contributed by atoms with Crippen LogP contribution in [0.25, 0.3) is 44.9 Å². The third kappa shape index (κ3) is 3.92. The fraction of sp³-hybridized carbons (Fsp3) is 0.0303. The van der Waals surface area contributed by atoms with Crippen molar-refractivity contribution in [2.75, 3.05) is 0 Å². The number of H-pyrrole nitrogens is 1. The number of nitrogens with zero attached hydrogens (tertiary/aromatic N) is 6. The largest absolute Gasteiger partial charge is 0.338 e. The summed E-state index contributed by atoms with van der Waals surface area (Å²) in [4.78, 5) is 21.6. The number of imidazole rings is 3. The van der Waals surface area contributed by atoms with Gasteiger partial charge in [0.25, 0.3) is 0 Å². The highest BCUT2D eigenvalue weighted by Gasteiger charge is 2.17. The number of rotatable bonds is 5. The van der Waals surface area contributed by atoms with Crippen LogP contribution in [0.3, 0.4) is 0 Å². The number of aromatic amines is 1. The van der Waals surface area contributed by atoms with Gasteiger partial charge in [-0.3, -0.25) is 4.99 Å². The first-order chi connectivity index (χ1) is 19.8. The molecule has 0 bridgehead atoms. The highest BCUT2D eigenvalue weighted by molar-refractivity contribution is 6.07. The van der Waals surface area contributed by atoms with Crippen LogP contribution in [0.15, 0.2) is 127 Å². The fourth-order valence-electron chi connectivity index (χ4n) is 5.29. The molecule has 0 radical (unpaired) electrons. The maximum atomic E-state index is 5.00. The number of hydrogen-bond donors (Lipinski definition) is 1. The van der Waals surface area contributed by atoms with Crippen LogP contribution in [0.4, 0.5) is 5.69 Å². The van der Waals surface area contributed by atoms with Gasteiger partial charge in [-0.15, -0.1) is 0 Å². The Hall–Kier alpha value is -5.56. The Kier molecular flexibility index (Phi) is 5.06. The summed E-state index contributed by atoms with van der Waals surface area (Å²) in [6.45, 7) is 0. The zero-order valence-electron chi connectivity index (χ0n) is 21.4. The monoisotopic (exact) mass is 517 g/mol. The molecule has 7 aromatic rings. The Morgan fingerprint density at radius 3 is 1.93 bits per heavy atom. The molecule has 8 rings (SSSR count). The van der Waals surface area contributed by atoms with Crippen LogP contribution in [0, 0.1) is 0 Å². The lowest BCUT2D eigenvalue weighted by Crippen LogP contribution is -2.00. The summed E-state index contributed by atoms with van der Waals surface area (Å²) in [5.74, 6) is 0.853. The van der Waals surface area contributed by atoms with E-state index in [0.29, 0.717) is 0 Å². The van der Waals surface area contributed by atoms with Crippen LogP contribution >= 0.6 is 0 Å². The summed E-state index contributed by atoms with van der Waals surface area (Å²) >= 11 is 0. The van der Waals surface area contributed by atoms with Crippen molar-refractivity contribution in [3.8, 4) is 33.9 Å². The molecule has 190 valence electrons. The van der Waals surface area contributed by atoms with Gasteiger partial charge in [0.1, 0.15) is 5.82 Å². The Bertz CT molecular complexity index is 1990. The maximum absolute atomic E-state index is 5.00. The second-order valence-electron chi connectivity index (χ2n) is 9.93. The predicted octanol–water partition coefficient (Wildman–Crippen LogP) is 6.95. The molecule has 7 heteroatoms. The summed E-state index contributed by atoms with van der Waals surface area (Å²) in [7, 11) is 0. The standard InChI is InChI=1S/C33H23N7/c1-2-26-19-30(22-3-8-27(9-4-22)39-15-13-34-20-39)36-31(26)17-24(1)25-7-12-29-32(18-25)38-33(37-29)23-5-10-28(11-6-23)40-16-14-35-21-40/h1-18,20-21H,19H2,(H,37,38). The number of nitrogens with one attached hydrogen (secondary N) is 1. The van der Waals surface area contributed by atoms with E-state index in [9.17, 15) is 0 Å². The Morgan fingerprint density at radius 1 is 0.625 bits per heavy atom. The Labute approximate surface area is 230 Å². The molecule has 0 amide bonds. The van der Waals surface area contributed by atoms with E-state index in [2.05, 4.69) is 99.9 Å². The molecule has 0 atom stereocenters. The molecule has 0 spiro atoms. The van der Waals surface area contributed by atoms with Crippen LogP contribution < -0.4 is 0 Å². The minimum Gasteiger partial charge on any atom is -0.338 e. The maximum Gasteiger partial charge on any atom is 0.138 e. The number of fused-ring (bicyclic) bond motifs is 2. The van der Waals surface area contributed by atoms with Crippen LogP contribution in [-0.2, 0) is 6.42 Å². The molecule has 0 fully saturated rings. The summed E-state index contributed by atoms with van der Waals surface area (Å²) in [5, 5.41) is 0. The van der Waals surface area contributed by atoms with Crippen molar-refractivity contribution in [3.63, 3.8) is 0 Å². The molecule has 1 N–H and O–H groups in total. The quantitative estimate of drug-likeness (QED) is 0.269. The number of aliphatic imine (C=N–C) groups is 1. The zero-order chi connectivity index (χ0) is 26.5. The lowest BCUT2D eigenvalue weighted by atomic mass is 10.00. The fourth-order valence-corrected chi connectivity index (χ4v) is 5.29. The normalized spacial score (nSPS) is 12.6. The molecule has 4 heterocycles. The molecule has 0 saturated carbocycles. The second kappa shape index (κ2) is 9.03. The average Bonchev–Trinajstić information content (AvgIpc) is 3.83. The van der Waals surface area contributed by atoms with E-state index >= 15 is 0 Å². The summed E-state index contributed by atoms with van der Waals surface area (Å²) in [6, 6.07) is 29.7. The molecule has 0 aliphatic carbocycles. The number of aromatic nitrogens is 6. The van der Waals surface area contributed by atoms with E-state index in [-0.39, 0.29) is 0 Å². The van der Waals surface area contributed by atoms with Crippen LogP contribution in [0.1, 0.15) is 11.1 Å². The number of hydrogen-bond acceptors (Lipinski definition) is 4. The van der Waals surface area contributed by atoms with Gasteiger partial charge in [0.2, 0.25) is 0 Å². The third-order valence-corrected chi connectivity index (χ3v) is 7.46. The van der Waals surface area contributed by atoms with Crippen LogP contribution in [-0.4, -0.2) is 34.8 Å². The molecule has 4 aromatic carbocycles. The van der Waals surface area contributed by atoms with Crippen molar-refractivity contribution >= 4 is 22.4 Å². The predicted molar refractivity (Wildman–Crippen MR) is 158 cm³/mol. The van der Waals surface area contributed by atoms with Crippen LogP contribution in [0.2, 0.25) is 0 Å². The molecule has 1 aliphatic rings. The topological polar surface area (TPSA) is 76.7 Å². The van der Waals surface area contributed by atoms with Crippen molar-refractivity contribution in [1.29, 1.82) is 0 Å². The molecule has 1 aliphatic heterocycles. The van der Waals surface area contributed by atoms with Gasteiger partial charge in [0, 0.05) is 48.1 Å². The number of benzene rings is 4. The molecule has 40 heavy (non-hydrogen) atoms. The van der Waals surface area contributed by atoms with Gasteiger partial charge in [-0.1, -0.05) is 30.3 Å². The van der Waals surface area contributed by atoms with Gasteiger partial charge >= 0.3 is 0 Å². The molecule has 0 saturated heterocycles. The lowest BCUT2D eigenvalue weighted by molar-refractivity contribution is 1.06. The van der Waals surface area contributed by atoms with E-state index in [0.717, 1.165) is 68.3 Å². The van der Waals surface area contributed by atoms with Crippen molar-refractivity contribution < 1.29 is 0 Å². The van der Waals surface area contributed by atoms with Gasteiger partial charge in [-0.25, -0.2) is 15.0 Å². The van der Waals surface area contributed by atoms with E-state index < -0.39 is 0 Å². The first-order valence-electron chi connectivity index (χ1n) is 13.1. The highest BCUT2D eigenvalue weighted by Crippen LogP contribution is 2.34. The lowest BCUT2D eigenvalue weighted by Gasteiger charge is -2.05. The van der Waals surface area contributed by atoms with Crippen molar-refractivity contribution in [2.24, 2.45) is 4.99 Å². The second-order valence-corrected chi connectivity index (χ2v) is 9.93. The SMILES string of the molecule is c1cn(-c2ccc(C3=Nc4cc(-c5ccc6[nH]c(-c7ccc(-n8ccnc8)cc7)nc6c5)ccc4C3)cc2)cn1. The van der Waals surface area contributed by atoms with Gasteiger partial charge in [0.15, 0.2) is 0 Å². The van der Waals surface area contributed by atoms with Gasteiger partial charge < -0.3 is 14.1 Å². The Balaban J connectivity index is 1.06. The minimum atomic E-state index is 0.835. The zero-order valence-corrected chi connectivity index (χ0v) is 21.4. The smallest absolute Gasteiger partial charge is 0.138 e. The van der Waals surface area contributed by atoms with E-state index in [1.165, 1.54) is 5.56 Å². The van der Waals surface area contributed by atoms with Crippen molar-refractivity contribution in [2.45, 2.75) is 6.42 Å². The summed E-state index contributed by atoms with van der Waals surface area (Å²) < 4.78 is 3.98. The van der Waals surface area contributed by atoms with Gasteiger partial charge in [-0.2, -0.15) is 0 Å². The van der Waals surface area contributed by atoms with Gasteiger partial charge in [-0.05, 0) is 76.9 Å². The Morgan fingerprint density at radius 2 is 1.25 bits per heavy atom. The van der Waals surface area contributed by atoms with E-state index in [1.807, 2.05) is 21.5 Å². The average molecular weight is 518 g/mol. The first kappa shape index (κ1) is 22.4. The first-order valence-corrected chi connectivity index (χ1v) is 13.1. The highest BCUT2D eigenvalue weighted by atomic mass is 15.0. The molecule has 7 nitrogen and oxygen atoms in total. The van der Waals surface area contributed by atoms with Crippen molar-refractivity contribution in [3.05, 3.63) is 133 Å². The van der Waals surface area contributed by atoms with E-state index in [1.54, 1.807) is 25.0 Å². The minimum absolute atomic E-state index is 0.835. The summed E-state index contributed by atoms with van der Waals surface area (Å²) in [5.41, 5.74) is 11.9.